The molecule has 31 heavy (non-hydrogen) atoms. The molecule has 4 atom stereocenters. The number of halogens is 1. The summed E-state index contributed by atoms with van der Waals surface area (Å²) in [6.45, 7) is 0. The molecule has 0 radical (unpaired) electrons. The lowest BCUT2D eigenvalue weighted by molar-refractivity contribution is 0.0223. The Morgan fingerprint density at radius 2 is 2.03 bits per heavy atom. The van der Waals surface area contributed by atoms with Gasteiger partial charge in [0.2, 0.25) is 5.88 Å². The van der Waals surface area contributed by atoms with Gasteiger partial charge in [-0.2, -0.15) is 0 Å². The molecule has 2 heterocycles. The zero-order valence-corrected chi connectivity index (χ0v) is 17.1. The first kappa shape index (κ1) is 19.7. The van der Waals surface area contributed by atoms with Crippen LogP contribution in [0.1, 0.15) is 36.2 Å². The summed E-state index contributed by atoms with van der Waals surface area (Å²) in [5.41, 5.74) is 1.71. The van der Waals surface area contributed by atoms with Gasteiger partial charge in [0.05, 0.1) is 11.2 Å². The van der Waals surface area contributed by atoms with Crippen LogP contribution >= 0.6 is 0 Å². The highest BCUT2D eigenvalue weighted by Gasteiger charge is 2.43. The van der Waals surface area contributed by atoms with Gasteiger partial charge in [0.15, 0.2) is 0 Å². The fourth-order valence-electron chi connectivity index (χ4n) is 4.79. The summed E-state index contributed by atoms with van der Waals surface area (Å²) in [6, 6.07) is 9.97. The van der Waals surface area contributed by atoms with Crippen molar-refractivity contribution in [3.63, 3.8) is 0 Å². The minimum atomic E-state index is -0.961. The first-order chi connectivity index (χ1) is 15.0. The highest BCUT2D eigenvalue weighted by atomic mass is 19.1. The third kappa shape index (κ3) is 3.66. The average molecular weight is 422 g/mol. The molecule has 1 amide bonds. The van der Waals surface area contributed by atoms with Crippen LogP contribution in [-0.2, 0) is 0 Å². The Bertz CT molecular complexity index is 1140. The van der Waals surface area contributed by atoms with E-state index in [9.17, 15) is 14.3 Å². The van der Waals surface area contributed by atoms with Crippen LogP contribution in [0, 0.1) is 11.8 Å². The average Bonchev–Trinajstić information content (AvgIpc) is 3.20. The van der Waals surface area contributed by atoms with Crippen molar-refractivity contribution in [2.24, 2.45) is 11.8 Å². The molecule has 2 aliphatic rings. The SMILES string of the molecule is CNC(=O)c1ccc2cc(-c3ccc(O[C@@H]4C[C@H]5CC[C@H](C5)[C@@H]4F)nn3)c(O)cc2n1. The molecule has 160 valence electrons. The number of aromatic hydroxyl groups is 1. The van der Waals surface area contributed by atoms with Gasteiger partial charge in [-0.3, -0.25) is 4.79 Å². The van der Waals surface area contributed by atoms with Gasteiger partial charge in [0.1, 0.15) is 23.7 Å². The molecule has 0 unspecified atom stereocenters. The van der Waals surface area contributed by atoms with E-state index >= 15 is 0 Å². The van der Waals surface area contributed by atoms with E-state index in [1.807, 2.05) is 0 Å². The monoisotopic (exact) mass is 422 g/mol. The molecule has 0 aliphatic heterocycles. The maximum absolute atomic E-state index is 14.6. The molecule has 2 aliphatic carbocycles. The highest BCUT2D eigenvalue weighted by Crippen LogP contribution is 2.44. The van der Waals surface area contributed by atoms with Gasteiger partial charge < -0.3 is 15.2 Å². The largest absolute Gasteiger partial charge is 0.507 e. The van der Waals surface area contributed by atoms with Crippen molar-refractivity contribution in [1.29, 1.82) is 0 Å². The topological polar surface area (TPSA) is 97.2 Å². The zero-order chi connectivity index (χ0) is 21.5. The number of phenolic OH excluding ortho intramolecular Hbond substituents is 1. The number of carbonyl (C=O) groups is 1. The van der Waals surface area contributed by atoms with E-state index in [2.05, 4.69) is 20.5 Å². The molecular formula is C23H23FN4O3. The van der Waals surface area contributed by atoms with Crippen LogP contribution in [0.2, 0.25) is 0 Å². The van der Waals surface area contributed by atoms with Crippen molar-refractivity contribution in [1.82, 2.24) is 20.5 Å². The first-order valence-electron chi connectivity index (χ1n) is 10.5. The fraction of sp³-hybridized carbons (Fsp3) is 0.391. The molecule has 0 spiro atoms. The van der Waals surface area contributed by atoms with Gasteiger partial charge in [0, 0.05) is 30.1 Å². The lowest BCUT2D eigenvalue weighted by Gasteiger charge is -2.31. The molecule has 2 N–H and O–H groups in total. The number of rotatable bonds is 4. The van der Waals surface area contributed by atoms with Gasteiger partial charge >= 0.3 is 0 Å². The van der Waals surface area contributed by atoms with Gasteiger partial charge in [0.25, 0.3) is 5.91 Å². The number of nitrogens with zero attached hydrogens (tertiary/aromatic N) is 3. The van der Waals surface area contributed by atoms with Crippen molar-refractivity contribution in [3.05, 3.63) is 42.1 Å². The number of pyridine rings is 1. The Morgan fingerprint density at radius 1 is 1.16 bits per heavy atom. The number of hydrogen-bond acceptors (Lipinski definition) is 6. The van der Waals surface area contributed by atoms with Crippen LogP contribution in [-0.4, -0.2) is 45.5 Å². The fourth-order valence-corrected chi connectivity index (χ4v) is 4.79. The van der Waals surface area contributed by atoms with Crippen LogP contribution in [0.15, 0.2) is 36.4 Å². The van der Waals surface area contributed by atoms with E-state index in [4.69, 9.17) is 4.74 Å². The van der Waals surface area contributed by atoms with E-state index in [-0.39, 0.29) is 29.1 Å². The number of benzene rings is 1. The number of carbonyl (C=O) groups excluding carboxylic acids is 1. The van der Waals surface area contributed by atoms with Gasteiger partial charge in [-0.15, -0.1) is 10.2 Å². The predicted octanol–water partition coefficient (Wildman–Crippen LogP) is 3.66. The van der Waals surface area contributed by atoms with Crippen LogP contribution in [0.25, 0.3) is 22.2 Å². The smallest absolute Gasteiger partial charge is 0.269 e. The second-order valence-corrected chi connectivity index (χ2v) is 8.37. The molecule has 2 fully saturated rings. The summed E-state index contributed by atoms with van der Waals surface area (Å²) in [7, 11) is 1.53. The Balaban J connectivity index is 1.37. The summed E-state index contributed by atoms with van der Waals surface area (Å²) in [4.78, 5) is 16.1. The normalized spacial score (nSPS) is 24.8. The lowest BCUT2D eigenvalue weighted by Crippen LogP contribution is -2.38. The molecular weight excluding hydrogens is 399 g/mol. The number of amides is 1. The number of ether oxygens (including phenoxy) is 1. The van der Waals surface area contributed by atoms with Gasteiger partial charge in [-0.25, -0.2) is 9.37 Å². The molecule has 3 aromatic rings. The van der Waals surface area contributed by atoms with Crippen molar-refractivity contribution >= 4 is 16.8 Å². The zero-order valence-electron chi connectivity index (χ0n) is 17.1. The van der Waals surface area contributed by atoms with Crippen LogP contribution in [0.3, 0.4) is 0 Å². The Labute approximate surface area is 178 Å². The van der Waals surface area contributed by atoms with Gasteiger partial charge in [-0.05, 0) is 55.7 Å². The van der Waals surface area contributed by atoms with E-state index < -0.39 is 12.3 Å². The second kappa shape index (κ2) is 7.76. The maximum Gasteiger partial charge on any atom is 0.269 e. The van der Waals surface area contributed by atoms with Crippen molar-refractivity contribution in [2.45, 2.75) is 38.0 Å². The van der Waals surface area contributed by atoms with Gasteiger partial charge in [-0.1, -0.05) is 6.07 Å². The third-order valence-corrected chi connectivity index (χ3v) is 6.41. The number of aromatic nitrogens is 3. The molecule has 8 heteroatoms. The molecule has 2 aromatic heterocycles. The number of hydrogen-bond donors (Lipinski definition) is 2. The Hall–Kier alpha value is -3.29. The van der Waals surface area contributed by atoms with Crippen LogP contribution in [0.5, 0.6) is 11.6 Å². The molecule has 7 nitrogen and oxygen atoms in total. The van der Waals surface area contributed by atoms with Crippen molar-refractivity contribution in [2.75, 3.05) is 7.05 Å². The van der Waals surface area contributed by atoms with E-state index in [1.54, 1.807) is 30.3 Å². The third-order valence-electron chi connectivity index (χ3n) is 6.41. The summed E-state index contributed by atoms with van der Waals surface area (Å²) in [6.07, 6.45) is 2.27. The van der Waals surface area contributed by atoms with E-state index in [1.165, 1.54) is 13.1 Å². The molecule has 2 bridgehead atoms. The number of alkyl halides is 1. The minimum absolute atomic E-state index is 0.0234. The summed E-state index contributed by atoms with van der Waals surface area (Å²) in [5.74, 6) is 0.609. The predicted molar refractivity (Wildman–Crippen MR) is 113 cm³/mol. The van der Waals surface area contributed by atoms with Crippen molar-refractivity contribution < 1.29 is 19.0 Å². The standard InChI is InChI=1S/C23H23FN4O3/c1-25-23(30)17-5-4-13-10-15(19(29)11-18(13)26-17)16-6-7-21(28-27-16)31-20-9-12-2-3-14(8-12)22(20)24/h4-7,10-12,14,20,22,29H,2-3,8-9H2,1H3,(H,25,30)/t12-,14+,20+,22-/m0/s1. The maximum atomic E-state index is 14.6. The summed E-state index contributed by atoms with van der Waals surface area (Å²) in [5, 5.41) is 22.0. The van der Waals surface area contributed by atoms with E-state index in [0.717, 1.165) is 31.1 Å². The highest BCUT2D eigenvalue weighted by molar-refractivity contribution is 5.96. The number of phenols is 1. The lowest BCUT2D eigenvalue weighted by atomic mass is 9.85. The number of nitrogens with one attached hydrogen (secondary N) is 1. The summed E-state index contributed by atoms with van der Waals surface area (Å²) < 4.78 is 20.5. The van der Waals surface area contributed by atoms with Crippen LogP contribution < -0.4 is 10.1 Å². The minimum Gasteiger partial charge on any atom is -0.507 e. The molecule has 2 saturated carbocycles. The number of fused-ring (bicyclic) bond motifs is 3. The second-order valence-electron chi connectivity index (χ2n) is 8.37. The summed E-state index contributed by atoms with van der Waals surface area (Å²) >= 11 is 0. The first-order valence-corrected chi connectivity index (χ1v) is 10.5. The Kier molecular flexibility index (Phi) is 4.92. The molecule has 1 aromatic carbocycles. The van der Waals surface area contributed by atoms with Crippen molar-refractivity contribution in [3.8, 4) is 22.9 Å². The van der Waals surface area contributed by atoms with E-state index in [0.29, 0.717) is 22.7 Å². The Morgan fingerprint density at radius 3 is 2.81 bits per heavy atom. The molecule has 5 rings (SSSR count). The molecule has 0 saturated heterocycles. The quantitative estimate of drug-likeness (QED) is 0.666. The van der Waals surface area contributed by atoms with Crippen LogP contribution in [0.4, 0.5) is 4.39 Å².